The second-order valence-electron chi connectivity index (χ2n) is 5.22. The molecule has 3 N–H and O–H groups in total. The molecule has 1 saturated carbocycles. The summed E-state index contributed by atoms with van der Waals surface area (Å²) in [4.78, 5) is 13.8. The monoisotopic (exact) mass is 255 g/mol. The highest BCUT2D eigenvalue weighted by atomic mass is 16.1. The summed E-state index contributed by atoms with van der Waals surface area (Å²) in [6.45, 7) is 7.06. The molecule has 1 aliphatic carbocycles. The minimum Gasteiger partial charge on any atom is -0.368 e. The molecule has 1 aliphatic rings. The second kappa shape index (κ2) is 8.48. The highest BCUT2D eigenvalue weighted by Crippen LogP contribution is 2.22. The van der Waals surface area contributed by atoms with E-state index < -0.39 is 0 Å². The lowest BCUT2D eigenvalue weighted by molar-refractivity contribution is -0.120. The van der Waals surface area contributed by atoms with Gasteiger partial charge in [0.05, 0.1) is 6.04 Å². The first-order valence-corrected chi connectivity index (χ1v) is 7.45. The lowest BCUT2D eigenvalue weighted by atomic mass is 9.94. The van der Waals surface area contributed by atoms with E-state index in [1.165, 1.54) is 32.1 Å². The van der Waals surface area contributed by atoms with Crippen molar-refractivity contribution in [2.75, 3.05) is 19.6 Å². The molecule has 0 aliphatic heterocycles. The van der Waals surface area contributed by atoms with Crippen LogP contribution in [0.15, 0.2) is 0 Å². The van der Waals surface area contributed by atoms with E-state index in [9.17, 15) is 4.79 Å². The molecule has 106 valence electrons. The van der Waals surface area contributed by atoms with Gasteiger partial charge in [0.1, 0.15) is 0 Å². The highest BCUT2D eigenvalue weighted by Gasteiger charge is 2.21. The van der Waals surface area contributed by atoms with Gasteiger partial charge in [-0.15, -0.1) is 0 Å². The molecule has 0 radical (unpaired) electrons. The fourth-order valence-corrected chi connectivity index (χ4v) is 2.93. The topological polar surface area (TPSA) is 58.4 Å². The average molecular weight is 255 g/mol. The number of hydrogen-bond acceptors (Lipinski definition) is 3. The average Bonchev–Trinajstić information content (AvgIpc) is 2.39. The maximum Gasteiger partial charge on any atom is 0.234 e. The van der Waals surface area contributed by atoms with Gasteiger partial charge in [-0.3, -0.25) is 4.79 Å². The fraction of sp³-hybridized carbons (Fsp3) is 0.929. The van der Waals surface area contributed by atoms with Crippen molar-refractivity contribution in [3.8, 4) is 0 Å². The van der Waals surface area contributed by atoms with E-state index in [1.807, 2.05) is 6.92 Å². The first-order chi connectivity index (χ1) is 8.69. The van der Waals surface area contributed by atoms with E-state index in [2.05, 4.69) is 17.1 Å². The lowest BCUT2D eigenvalue weighted by Gasteiger charge is -2.34. The molecule has 1 rings (SSSR count). The molecule has 4 heteroatoms. The van der Waals surface area contributed by atoms with Crippen molar-refractivity contribution in [2.45, 2.75) is 64.5 Å². The van der Waals surface area contributed by atoms with Crippen LogP contribution >= 0.6 is 0 Å². The van der Waals surface area contributed by atoms with Crippen LogP contribution < -0.4 is 11.1 Å². The van der Waals surface area contributed by atoms with Crippen LogP contribution in [0.4, 0.5) is 0 Å². The quantitative estimate of drug-likeness (QED) is 0.691. The SMILES string of the molecule is CCNC(CCN(CC)C1CCCCC1)C(N)=O. The molecule has 1 fully saturated rings. The number of hydrogen-bond donors (Lipinski definition) is 2. The first-order valence-electron chi connectivity index (χ1n) is 7.45. The number of amides is 1. The van der Waals surface area contributed by atoms with E-state index >= 15 is 0 Å². The Bertz CT molecular complexity index is 239. The van der Waals surface area contributed by atoms with Crippen LogP contribution in [-0.4, -0.2) is 42.5 Å². The number of carbonyl (C=O) groups is 1. The van der Waals surface area contributed by atoms with Gasteiger partial charge in [0.15, 0.2) is 0 Å². The van der Waals surface area contributed by atoms with Crippen LogP contribution in [0.25, 0.3) is 0 Å². The van der Waals surface area contributed by atoms with Crippen LogP contribution in [0.5, 0.6) is 0 Å². The summed E-state index contributed by atoms with van der Waals surface area (Å²) in [5, 5.41) is 3.16. The predicted octanol–water partition coefficient (Wildman–Crippen LogP) is 1.49. The maximum absolute atomic E-state index is 11.3. The molecular formula is C14H29N3O. The van der Waals surface area contributed by atoms with Gasteiger partial charge in [0.25, 0.3) is 0 Å². The van der Waals surface area contributed by atoms with Crippen molar-refractivity contribution in [1.82, 2.24) is 10.2 Å². The highest BCUT2D eigenvalue weighted by molar-refractivity contribution is 5.79. The summed E-state index contributed by atoms with van der Waals surface area (Å²) in [5.41, 5.74) is 5.41. The summed E-state index contributed by atoms with van der Waals surface area (Å²) in [6.07, 6.45) is 7.55. The first kappa shape index (κ1) is 15.4. The molecule has 4 nitrogen and oxygen atoms in total. The number of rotatable bonds is 8. The van der Waals surface area contributed by atoms with Gasteiger partial charge in [0, 0.05) is 12.6 Å². The van der Waals surface area contributed by atoms with E-state index in [0.717, 1.165) is 32.1 Å². The Morgan fingerprint density at radius 2 is 2.00 bits per heavy atom. The van der Waals surface area contributed by atoms with E-state index in [4.69, 9.17) is 5.73 Å². The summed E-state index contributed by atoms with van der Waals surface area (Å²) < 4.78 is 0. The Kier molecular flexibility index (Phi) is 7.28. The molecule has 0 spiro atoms. The molecule has 0 aromatic carbocycles. The van der Waals surface area contributed by atoms with Crippen LogP contribution in [0.3, 0.4) is 0 Å². The van der Waals surface area contributed by atoms with E-state index in [0.29, 0.717) is 0 Å². The Hall–Kier alpha value is -0.610. The van der Waals surface area contributed by atoms with Crippen molar-refractivity contribution < 1.29 is 4.79 Å². The van der Waals surface area contributed by atoms with Crippen molar-refractivity contribution in [3.05, 3.63) is 0 Å². The number of likely N-dealkylation sites (N-methyl/N-ethyl adjacent to an activating group) is 1. The number of primary amides is 1. The van der Waals surface area contributed by atoms with Gasteiger partial charge in [-0.05, 0) is 32.4 Å². The summed E-state index contributed by atoms with van der Waals surface area (Å²) >= 11 is 0. The standard InChI is InChI=1S/C14H29N3O/c1-3-16-13(14(15)18)10-11-17(4-2)12-8-6-5-7-9-12/h12-13,16H,3-11H2,1-2H3,(H2,15,18). The van der Waals surface area contributed by atoms with Crippen molar-refractivity contribution in [2.24, 2.45) is 5.73 Å². The number of carbonyl (C=O) groups excluding carboxylic acids is 1. The molecule has 0 heterocycles. The zero-order valence-electron chi connectivity index (χ0n) is 12.0. The largest absolute Gasteiger partial charge is 0.368 e. The molecule has 1 atom stereocenters. The number of nitrogens with zero attached hydrogens (tertiary/aromatic N) is 1. The number of nitrogens with two attached hydrogens (primary N) is 1. The van der Waals surface area contributed by atoms with E-state index in [1.54, 1.807) is 0 Å². The van der Waals surface area contributed by atoms with Gasteiger partial charge in [-0.25, -0.2) is 0 Å². The third kappa shape index (κ3) is 4.94. The maximum atomic E-state index is 11.3. The van der Waals surface area contributed by atoms with Crippen LogP contribution in [0.2, 0.25) is 0 Å². The predicted molar refractivity (Wildman–Crippen MR) is 75.4 cm³/mol. The molecular weight excluding hydrogens is 226 g/mol. The van der Waals surface area contributed by atoms with Crippen LogP contribution in [0, 0.1) is 0 Å². The molecule has 0 bridgehead atoms. The Morgan fingerprint density at radius 3 is 2.50 bits per heavy atom. The zero-order valence-corrected chi connectivity index (χ0v) is 12.0. The van der Waals surface area contributed by atoms with Crippen molar-refractivity contribution in [1.29, 1.82) is 0 Å². The second-order valence-corrected chi connectivity index (χ2v) is 5.22. The molecule has 0 aromatic rings. The summed E-state index contributed by atoms with van der Waals surface area (Å²) in [7, 11) is 0. The lowest BCUT2D eigenvalue weighted by Crippen LogP contribution is -2.45. The van der Waals surface area contributed by atoms with Gasteiger partial charge >= 0.3 is 0 Å². The smallest absolute Gasteiger partial charge is 0.234 e. The van der Waals surface area contributed by atoms with Crippen LogP contribution in [0.1, 0.15) is 52.4 Å². The summed E-state index contributed by atoms with van der Waals surface area (Å²) in [5.74, 6) is -0.225. The van der Waals surface area contributed by atoms with Crippen molar-refractivity contribution in [3.63, 3.8) is 0 Å². The minimum atomic E-state index is -0.225. The summed E-state index contributed by atoms with van der Waals surface area (Å²) in [6, 6.07) is 0.548. The molecule has 1 amide bonds. The molecule has 18 heavy (non-hydrogen) atoms. The fourth-order valence-electron chi connectivity index (χ4n) is 2.93. The van der Waals surface area contributed by atoms with Crippen LogP contribution in [-0.2, 0) is 4.79 Å². The molecule has 0 aromatic heterocycles. The van der Waals surface area contributed by atoms with Gasteiger partial charge < -0.3 is 16.0 Å². The minimum absolute atomic E-state index is 0.173. The Labute approximate surface area is 111 Å². The molecule has 1 unspecified atom stereocenters. The zero-order chi connectivity index (χ0) is 13.4. The third-order valence-electron chi connectivity index (χ3n) is 4.00. The normalized spacial score (nSPS) is 19.1. The number of nitrogens with one attached hydrogen (secondary N) is 1. The molecule has 0 saturated heterocycles. The van der Waals surface area contributed by atoms with Crippen molar-refractivity contribution >= 4 is 5.91 Å². The van der Waals surface area contributed by atoms with Gasteiger partial charge in [-0.1, -0.05) is 33.1 Å². The Balaban J connectivity index is 2.39. The Morgan fingerprint density at radius 1 is 1.33 bits per heavy atom. The third-order valence-corrected chi connectivity index (χ3v) is 4.00. The van der Waals surface area contributed by atoms with Gasteiger partial charge in [-0.2, -0.15) is 0 Å². The van der Waals surface area contributed by atoms with Gasteiger partial charge in [0.2, 0.25) is 5.91 Å². The van der Waals surface area contributed by atoms with E-state index in [-0.39, 0.29) is 11.9 Å².